The third-order valence-corrected chi connectivity index (χ3v) is 5.06. The lowest BCUT2D eigenvalue weighted by Crippen LogP contribution is -2.45. The van der Waals surface area contributed by atoms with Crippen molar-refractivity contribution in [3.05, 3.63) is 0 Å². The zero-order valence-corrected chi connectivity index (χ0v) is 11.5. The highest BCUT2D eigenvalue weighted by molar-refractivity contribution is 7.92. The Morgan fingerprint density at radius 3 is 2.56 bits per heavy atom. The second-order valence-corrected chi connectivity index (χ2v) is 6.65. The topological polar surface area (TPSA) is 80.8 Å². The third-order valence-electron chi connectivity index (χ3n) is 2.90. The Balaban J connectivity index is 2.65. The van der Waals surface area contributed by atoms with Gasteiger partial charge in [-0.15, -0.1) is 0 Å². The molecule has 1 unspecified atom stereocenters. The van der Waals surface area contributed by atoms with Gasteiger partial charge in [0.1, 0.15) is 11.8 Å². The zero-order chi connectivity index (χ0) is 13.8. The normalized spacial score (nSPS) is 22.2. The van der Waals surface area contributed by atoms with Gasteiger partial charge in [-0.2, -0.15) is 0 Å². The molecule has 1 heterocycles. The van der Waals surface area contributed by atoms with Gasteiger partial charge in [0.2, 0.25) is 5.91 Å². The lowest BCUT2D eigenvalue weighted by molar-refractivity contribution is -0.148. The molecule has 0 aromatic heterocycles. The summed E-state index contributed by atoms with van der Waals surface area (Å²) in [6, 6.07) is 0. The fourth-order valence-electron chi connectivity index (χ4n) is 1.96. The fourth-order valence-corrected chi connectivity index (χ4v) is 3.86. The summed E-state index contributed by atoms with van der Waals surface area (Å²) >= 11 is 0. The van der Waals surface area contributed by atoms with Crippen LogP contribution in [0.1, 0.15) is 26.2 Å². The molecule has 7 heteroatoms. The maximum absolute atomic E-state index is 12.0. The minimum absolute atomic E-state index is 0.0522. The Morgan fingerprint density at radius 2 is 2.00 bits per heavy atom. The minimum atomic E-state index is -3.36. The smallest absolute Gasteiger partial charge is 0.325 e. The molecule has 1 fully saturated rings. The molecule has 1 atom stereocenters. The van der Waals surface area contributed by atoms with Crippen molar-refractivity contribution in [2.75, 3.05) is 26.0 Å². The van der Waals surface area contributed by atoms with Crippen LogP contribution in [0.15, 0.2) is 0 Å². The summed E-state index contributed by atoms with van der Waals surface area (Å²) < 4.78 is 28.3. The highest BCUT2D eigenvalue weighted by Gasteiger charge is 2.36. The molecule has 1 saturated heterocycles. The molecule has 18 heavy (non-hydrogen) atoms. The summed E-state index contributed by atoms with van der Waals surface area (Å²) in [5, 5.41) is -0.995. The van der Waals surface area contributed by atoms with Crippen molar-refractivity contribution in [2.24, 2.45) is 0 Å². The molecule has 1 amide bonds. The monoisotopic (exact) mass is 277 g/mol. The van der Waals surface area contributed by atoms with E-state index in [-0.39, 0.29) is 18.9 Å². The van der Waals surface area contributed by atoms with Crippen LogP contribution in [0, 0.1) is 0 Å². The predicted octanol–water partition coefficient (Wildman–Crippen LogP) is -0.0248. The van der Waals surface area contributed by atoms with E-state index in [4.69, 9.17) is 4.74 Å². The molecule has 0 radical (unpaired) electrons. The van der Waals surface area contributed by atoms with Crippen LogP contribution >= 0.6 is 0 Å². The average molecular weight is 277 g/mol. The van der Waals surface area contributed by atoms with E-state index in [1.807, 2.05) is 0 Å². The van der Waals surface area contributed by atoms with Gasteiger partial charge in [-0.25, -0.2) is 8.42 Å². The average Bonchev–Trinajstić information content (AvgIpc) is 2.27. The summed E-state index contributed by atoms with van der Waals surface area (Å²) in [7, 11) is -1.94. The summed E-state index contributed by atoms with van der Waals surface area (Å²) in [6.07, 6.45) is 1.67. The number of amides is 1. The van der Waals surface area contributed by atoms with Crippen molar-refractivity contribution in [3.63, 3.8) is 0 Å². The van der Waals surface area contributed by atoms with E-state index in [0.717, 1.165) is 11.3 Å². The molecule has 0 aliphatic carbocycles. The first-order valence-electron chi connectivity index (χ1n) is 6.00. The first-order chi connectivity index (χ1) is 8.38. The maximum Gasteiger partial charge on any atom is 0.325 e. The SMILES string of the molecule is CCOC(=O)CN(C)C(=O)C1CCCCS1(=O)=O. The fraction of sp³-hybridized carbons (Fsp3) is 0.818. The summed E-state index contributed by atoms with van der Waals surface area (Å²) in [5.41, 5.74) is 0. The molecule has 0 aromatic rings. The van der Waals surface area contributed by atoms with Crippen LogP contribution in [0.25, 0.3) is 0 Å². The third kappa shape index (κ3) is 3.69. The molecule has 0 bridgehead atoms. The first-order valence-corrected chi connectivity index (χ1v) is 7.72. The van der Waals surface area contributed by atoms with Crippen LogP contribution in [0.4, 0.5) is 0 Å². The van der Waals surface area contributed by atoms with Crippen molar-refractivity contribution in [1.82, 2.24) is 4.90 Å². The van der Waals surface area contributed by atoms with Gasteiger partial charge in [0, 0.05) is 7.05 Å². The Bertz CT molecular complexity index is 417. The van der Waals surface area contributed by atoms with Crippen molar-refractivity contribution in [2.45, 2.75) is 31.4 Å². The van der Waals surface area contributed by atoms with E-state index in [1.54, 1.807) is 6.92 Å². The molecule has 104 valence electrons. The Kier molecular flexibility index (Phi) is 5.13. The Labute approximate surface area is 107 Å². The van der Waals surface area contributed by atoms with Gasteiger partial charge >= 0.3 is 5.97 Å². The number of esters is 1. The van der Waals surface area contributed by atoms with Crippen molar-refractivity contribution >= 4 is 21.7 Å². The number of hydrogen-bond acceptors (Lipinski definition) is 5. The molecule has 1 aliphatic heterocycles. The van der Waals surface area contributed by atoms with Crippen molar-refractivity contribution in [1.29, 1.82) is 0 Å². The molecule has 6 nitrogen and oxygen atoms in total. The molecule has 0 saturated carbocycles. The zero-order valence-electron chi connectivity index (χ0n) is 10.7. The van der Waals surface area contributed by atoms with Gasteiger partial charge in [-0.05, 0) is 19.8 Å². The molecule has 0 N–H and O–H groups in total. The van der Waals surface area contributed by atoms with Gasteiger partial charge in [-0.3, -0.25) is 9.59 Å². The molecule has 0 aromatic carbocycles. The highest BCUT2D eigenvalue weighted by atomic mass is 32.2. The molecule has 1 aliphatic rings. The molecule has 1 rings (SSSR count). The van der Waals surface area contributed by atoms with Crippen LogP contribution in [0.5, 0.6) is 0 Å². The van der Waals surface area contributed by atoms with E-state index < -0.39 is 27.0 Å². The van der Waals surface area contributed by atoms with Gasteiger partial charge in [-0.1, -0.05) is 6.42 Å². The number of carbonyl (C=O) groups excluding carboxylic acids is 2. The van der Waals surface area contributed by atoms with Gasteiger partial charge in [0.05, 0.1) is 12.4 Å². The van der Waals surface area contributed by atoms with Crippen LogP contribution in [0.2, 0.25) is 0 Å². The standard InChI is InChI=1S/C11H19NO5S/c1-3-17-10(13)8-12(2)11(14)9-6-4-5-7-18(9,15)16/h9H,3-8H2,1-2H3. The van der Waals surface area contributed by atoms with E-state index in [2.05, 4.69) is 0 Å². The predicted molar refractivity (Wildman–Crippen MR) is 65.7 cm³/mol. The molecular formula is C11H19NO5S. The maximum atomic E-state index is 12.0. The molecule has 0 spiro atoms. The van der Waals surface area contributed by atoms with E-state index in [1.165, 1.54) is 7.05 Å². The van der Waals surface area contributed by atoms with Crippen LogP contribution in [0.3, 0.4) is 0 Å². The van der Waals surface area contributed by atoms with Crippen LogP contribution in [-0.2, 0) is 24.2 Å². The van der Waals surface area contributed by atoms with E-state index in [0.29, 0.717) is 12.8 Å². The van der Waals surface area contributed by atoms with E-state index in [9.17, 15) is 18.0 Å². The highest BCUT2D eigenvalue weighted by Crippen LogP contribution is 2.21. The second-order valence-electron chi connectivity index (χ2n) is 4.35. The van der Waals surface area contributed by atoms with Gasteiger partial charge in [0.25, 0.3) is 0 Å². The minimum Gasteiger partial charge on any atom is -0.465 e. The van der Waals surface area contributed by atoms with Crippen LogP contribution < -0.4 is 0 Å². The van der Waals surface area contributed by atoms with Crippen molar-refractivity contribution in [3.8, 4) is 0 Å². The van der Waals surface area contributed by atoms with Crippen molar-refractivity contribution < 1.29 is 22.7 Å². The number of nitrogens with zero attached hydrogens (tertiary/aromatic N) is 1. The summed E-state index contributed by atoms with van der Waals surface area (Å²) in [6.45, 7) is 1.70. The van der Waals surface area contributed by atoms with Gasteiger partial charge < -0.3 is 9.64 Å². The van der Waals surface area contributed by atoms with Crippen LogP contribution in [-0.4, -0.2) is 56.4 Å². The number of rotatable bonds is 4. The quantitative estimate of drug-likeness (QED) is 0.674. The lowest BCUT2D eigenvalue weighted by atomic mass is 10.2. The largest absolute Gasteiger partial charge is 0.465 e. The summed E-state index contributed by atoms with van der Waals surface area (Å²) in [5.74, 6) is -0.985. The number of sulfone groups is 1. The number of carbonyl (C=O) groups is 2. The molecular weight excluding hydrogens is 258 g/mol. The lowest BCUT2D eigenvalue weighted by Gasteiger charge is -2.25. The number of hydrogen-bond donors (Lipinski definition) is 0. The summed E-state index contributed by atoms with van der Waals surface area (Å²) in [4.78, 5) is 24.4. The first kappa shape index (κ1) is 14.9. The Morgan fingerprint density at radius 1 is 1.33 bits per heavy atom. The number of ether oxygens (including phenoxy) is 1. The second kappa shape index (κ2) is 6.17. The Hall–Kier alpha value is -1.11. The van der Waals surface area contributed by atoms with Gasteiger partial charge in [0.15, 0.2) is 9.84 Å². The van der Waals surface area contributed by atoms with E-state index >= 15 is 0 Å². The number of likely N-dealkylation sites (N-methyl/N-ethyl adjacent to an activating group) is 1.